The van der Waals surface area contributed by atoms with Crippen molar-refractivity contribution in [1.29, 1.82) is 0 Å². The SMILES string of the molecule is CCCCC(C)CC(CNC(=O)[C@@H](N)C(C)CC)CC(=O)O. The van der Waals surface area contributed by atoms with Gasteiger partial charge in [0.2, 0.25) is 5.91 Å². The van der Waals surface area contributed by atoms with Crippen LogP contribution in [0.4, 0.5) is 0 Å². The lowest BCUT2D eigenvalue weighted by molar-refractivity contribution is -0.138. The molecule has 0 aromatic heterocycles. The van der Waals surface area contributed by atoms with Crippen LogP contribution in [-0.4, -0.2) is 29.6 Å². The number of hydrogen-bond donors (Lipinski definition) is 3. The van der Waals surface area contributed by atoms with Gasteiger partial charge in [0.15, 0.2) is 0 Å². The third kappa shape index (κ3) is 9.03. The number of nitrogens with two attached hydrogens (primary N) is 1. The van der Waals surface area contributed by atoms with Crippen molar-refractivity contribution >= 4 is 11.9 Å². The van der Waals surface area contributed by atoms with Crippen LogP contribution in [0.15, 0.2) is 0 Å². The van der Waals surface area contributed by atoms with E-state index in [-0.39, 0.29) is 24.2 Å². The van der Waals surface area contributed by atoms with E-state index in [1.165, 1.54) is 0 Å². The monoisotopic (exact) mass is 314 g/mol. The van der Waals surface area contributed by atoms with Crippen LogP contribution in [0, 0.1) is 17.8 Å². The highest BCUT2D eigenvalue weighted by molar-refractivity contribution is 5.81. The zero-order valence-corrected chi connectivity index (χ0v) is 14.6. The topological polar surface area (TPSA) is 92.4 Å². The van der Waals surface area contributed by atoms with Crippen LogP contribution in [0.3, 0.4) is 0 Å². The number of carbonyl (C=O) groups excluding carboxylic acids is 1. The Morgan fingerprint density at radius 3 is 2.36 bits per heavy atom. The Balaban J connectivity index is 4.40. The van der Waals surface area contributed by atoms with Crippen LogP contribution < -0.4 is 11.1 Å². The molecule has 4 atom stereocenters. The van der Waals surface area contributed by atoms with Gasteiger partial charge in [-0.3, -0.25) is 9.59 Å². The summed E-state index contributed by atoms with van der Waals surface area (Å²) in [7, 11) is 0. The van der Waals surface area contributed by atoms with E-state index in [0.717, 1.165) is 32.1 Å². The van der Waals surface area contributed by atoms with E-state index in [4.69, 9.17) is 10.8 Å². The van der Waals surface area contributed by atoms with E-state index >= 15 is 0 Å². The molecule has 130 valence electrons. The normalized spacial score (nSPS) is 16.6. The molecule has 0 aliphatic rings. The molecule has 1 amide bonds. The number of carboxylic acids is 1. The van der Waals surface area contributed by atoms with E-state index < -0.39 is 12.0 Å². The molecule has 0 aromatic rings. The van der Waals surface area contributed by atoms with E-state index in [1.807, 2.05) is 13.8 Å². The molecule has 0 spiro atoms. The average molecular weight is 314 g/mol. The summed E-state index contributed by atoms with van der Waals surface area (Å²) in [5.74, 6) is -0.414. The summed E-state index contributed by atoms with van der Waals surface area (Å²) in [5, 5.41) is 11.9. The maximum absolute atomic E-state index is 12.0. The van der Waals surface area contributed by atoms with Gasteiger partial charge in [-0.25, -0.2) is 0 Å². The van der Waals surface area contributed by atoms with Crippen molar-refractivity contribution in [2.75, 3.05) is 6.54 Å². The van der Waals surface area contributed by atoms with Crippen molar-refractivity contribution in [1.82, 2.24) is 5.32 Å². The minimum atomic E-state index is -0.812. The molecule has 0 aromatic carbocycles. The minimum absolute atomic E-state index is 0.0301. The predicted molar refractivity (Wildman–Crippen MR) is 89.5 cm³/mol. The Labute approximate surface area is 135 Å². The Bertz CT molecular complexity index is 334. The summed E-state index contributed by atoms with van der Waals surface area (Å²) in [5.41, 5.74) is 5.90. The highest BCUT2D eigenvalue weighted by atomic mass is 16.4. The van der Waals surface area contributed by atoms with Gasteiger partial charge in [-0.2, -0.15) is 0 Å². The number of aliphatic carboxylic acids is 1. The second kappa shape index (κ2) is 11.5. The molecular weight excluding hydrogens is 280 g/mol. The number of carbonyl (C=O) groups is 2. The zero-order valence-electron chi connectivity index (χ0n) is 14.6. The van der Waals surface area contributed by atoms with Crippen molar-refractivity contribution in [3.8, 4) is 0 Å². The molecular formula is C17H34N2O3. The van der Waals surface area contributed by atoms with Crippen LogP contribution in [-0.2, 0) is 9.59 Å². The van der Waals surface area contributed by atoms with Crippen molar-refractivity contribution < 1.29 is 14.7 Å². The number of unbranched alkanes of at least 4 members (excludes halogenated alkanes) is 1. The molecule has 0 saturated heterocycles. The Morgan fingerprint density at radius 2 is 1.86 bits per heavy atom. The first-order chi connectivity index (χ1) is 10.3. The summed E-state index contributed by atoms with van der Waals surface area (Å²) in [6, 6.07) is -0.520. The number of carboxylic acid groups (broad SMARTS) is 1. The molecule has 5 nitrogen and oxygen atoms in total. The van der Waals surface area contributed by atoms with Gasteiger partial charge in [0.05, 0.1) is 6.04 Å². The van der Waals surface area contributed by atoms with Crippen molar-refractivity contribution in [2.45, 2.75) is 72.3 Å². The third-order valence-corrected chi connectivity index (χ3v) is 4.37. The molecule has 0 fully saturated rings. The molecule has 0 heterocycles. The first-order valence-corrected chi connectivity index (χ1v) is 8.56. The fourth-order valence-corrected chi connectivity index (χ4v) is 2.60. The van der Waals surface area contributed by atoms with E-state index in [2.05, 4.69) is 19.2 Å². The summed E-state index contributed by atoms with van der Waals surface area (Å²) in [6.45, 7) is 8.65. The van der Waals surface area contributed by atoms with Crippen LogP contribution in [0.5, 0.6) is 0 Å². The molecule has 3 unspecified atom stereocenters. The van der Waals surface area contributed by atoms with Gasteiger partial charge in [0, 0.05) is 13.0 Å². The average Bonchev–Trinajstić information content (AvgIpc) is 2.47. The quantitative estimate of drug-likeness (QED) is 0.516. The van der Waals surface area contributed by atoms with Gasteiger partial charge >= 0.3 is 5.97 Å². The van der Waals surface area contributed by atoms with Crippen LogP contribution in [0.25, 0.3) is 0 Å². The highest BCUT2D eigenvalue weighted by Crippen LogP contribution is 2.20. The maximum Gasteiger partial charge on any atom is 0.303 e. The van der Waals surface area contributed by atoms with Crippen LogP contribution in [0.1, 0.15) is 66.2 Å². The van der Waals surface area contributed by atoms with E-state index in [0.29, 0.717) is 12.5 Å². The van der Waals surface area contributed by atoms with Gasteiger partial charge in [-0.15, -0.1) is 0 Å². The maximum atomic E-state index is 12.0. The molecule has 0 bridgehead atoms. The van der Waals surface area contributed by atoms with Gasteiger partial charge in [0.25, 0.3) is 0 Å². The highest BCUT2D eigenvalue weighted by Gasteiger charge is 2.22. The number of hydrogen-bond acceptors (Lipinski definition) is 3. The lowest BCUT2D eigenvalue weighted by Crippen LogP contribution is -2.46. The summed E-state index contributed by atoms with van der Waals surface area (Å²) in [4.78, 5) is 23.0. The second-order valence-electron chi connectivity index (χ2n) is 6.60. The largest absolute Gasteiger partial charge is 0.481 e. The predicted octanol–water partition coefficient (Wildman–Crippen LogP) is 2.78. The Kier molecular flexibility index (Phi) is 10.9. The van der Waals surface area contributed by atoms with Crippen molar-refractivity contribution in [2.24, 2.45) is 23.5 Å². The molecule has 0 rings (SSSR count). The molecule has 5 heteroatoms. The molecule has 0 radical (unpaired) electrons. The van der Waals surface area contributed by atoms with Crippen molar-refractivity contribution in [3.05, 3.63) is 0 Å². The fourth-order valence-electron chi connectivity index (χ4n) is 2.60. The molecule has 0 saturated carbocycles. The number of rotatable bonds is 12. The molecule has 0 aliphatic carbocycles. The Morgan fingerprint density at radius 1 is 1.23 bits per heavy atom. The lowest BCUT2D eigenvalue weighted by Gasteiger charge is -2.22. The smallest absolute Gasteiger partial charge is 0.303 e. The summed E-state index contributed by atoms with van der Waals surface area (Å²) in [6.07, 6.45) is 5.18. The third-order valence-electron chi connectivity index (χ3n) is 4.37. The molecule has 4 N–H and O–H groups in total. The first kappa shape index (κ1) is 20.9. The van der Waals surface area contributed by atoms with Gasteiger partial charge in [-0.05, 0) is 24.2 Å². The minimum Gasteiger partial charge on any atom is -0.481 e. The standard InChI is InChI=1S/C17H34N2O3/c1-5-7-8-12(3)9-14(10-15(20)21)11-19-17(22)16(18)13(4)6-2/h12-14,16H,5-11,18H2,1-4H3,(H,19,22)(H,20,21)/t12?,13?,14?,16-/m0/s1. The molecule has 22 heavy (non-hydrogen) atoms. The van der Waals surface area contributed by atoms with Crippen LogP contribution >= 0.6 is 0 Å². The van der Waals surface area contributed by atoms with E-state index in [1.54, 1.807) is 0 Å². The first-order valence-electron chi connectivity index (χ1n) is 8.56. The summed E-state index contributed by atoms with van der Waals surface area (Å²) >= 11 is 0. The fraction of sp³-hybridized carbons (Fsp3) is 0.882. The second-order valence-corrected chi connectivity index (χ2v) is 6.60. The van der Waals surface area contributed by atoms with E-state index in [9.17, 15) is 9.59 Å². The van der Waals surface area contributed by atoms with Gasteiger partial charge in [0.1, 0.15) is 0 Å². The number of nitrogens with one attached hydrogen (secondary N) is 1. The van der Waals surface area contributed by atoms with Gasteiger partial charge in [-0.1, -0.05) is 53.4 Å². The van der Waals surface area contributed by atoms with Gasteiger partial charge < -0.3 is 16.2 Å². The summed E-state index contributed by atoms with van der Waals surface area (Å²) < 4.78 is 0. The Hall–Kier alpha value is -1.10. The van der Waals surface area contributed by atoms with Crippen molar-refractivity contribution in [3.63, 3.8) is 0 Å². The lowest BCUT2D eigenvalue weighted by atomic mass is 9.89. The number of amides is 1. The zero-order chi connectivity index (χ0) is 17.1. The molecule has 0 aliphatic heterocycles. The van der Waals surface area contributed by atoms with Crippen LogP contribution in [0.2, 0.25) is 0 Å².